The summed E-state index contributed by atoms with van der Waals surface area (Å²) < 4.78 is 13.2. The first-order valence-electron chi connectivity index (χ1n) is 9.97. The molecule has 1 aromatic heterocycles. The second-order valence-electron chi connectivity index (χ2n) is 6.60. The van der Waals surface area contributed by atoms with Gasteiger partial charge in [-0.05, 0) is 62.7 Å². The molecule has 0 atom stereocenters. The molecule has 0 fully saturated rings. The Labute approximate surface area is 191 Å². The van der Waals surface area contributed by atoms with Crippen LogP contribution in [0.3, 0.4) is 0 Å². The number of halogens is 1. The molecular weight excluding hydrogens is 436 g/mol. The van der Waals surface area contributed by atoms with Gasteiger partial charge in [-0.3, -0.25) is 9.36 Å². The fraction of sp³-hybridized carbons (Fsp3) is 0.318. The summed E-state index contributed by atoms with van der Waals surface area (Å²) in [6, 6.07) is 13.1. The Morgan fingerprint density at radius 1 is 1.10 bits per heavy atom. The summed E-state index contributed by atoms with van der Waals surface area (Å²) in [7, 11) is 0. The maximum absolute atomic E-state index is 11.9. The molecule has 2 aromatic carbocycles. The Hall–Kier alpha value is -2.71. The first-order chi connectivity index (χ1) is 15.0. The Morgan fingerprint density at radius 3 is 2.45 bits per heavy atom. The van der Waals surface area contributed by atoms with Crippen molar-refractivity contribution in [2.24, 2.45) is 0 Å². The SMILES string of the molecule is CCNC(=O)CSc1nnc(COc2ccc(OCC)cc2)n1-c1ccc(C)c(Cl)c1. The van der Waals surface area contributed by atoms with Gasteiger partial charge in [0.1, 0.15) is 18.1 Å². The monoisotopic (exact) mass is 460 g/mol. The zero-order valence-corrected chi connectivity index (χ0v) is 19.3. The average Bonchev–Trinajstić information content (AvgIpc) is 3.17. The van der Waals surface area contributed by atoms with E-state index in [9.17, 15) is 4.79 Å². The van der Waals surface area contributed by atoms with Gasteiger partial charge in [-0.15, -0.1) is 10.2 Å². The molecule has 31 heavy (non-hydrogen) atoms. The van der Waals surface area contributed by atoms with Crippen molar-refractivity contribution in [3.8, 4) is 17.2 Å². The maximum atomic E-state index is 11.9. The lowest BCUT2D eigenvalue weighted by Gasteiger charge is -2.12. The zero-order valence-electron chi connectivity index (χ0n) is 17.7. The molecule has 1 amide bonds. The first kappa shape index (κ1) is 23.0. The van der Waals surface area contributed by atoms with Gasteiger partial charge in [0.25, 0.3) is 0 Å². The van der Waals surface area contributed by atoms with Gasteiger partial charge in [0, 0.05) is 11.6 Å². The van der Waals surface area contributed by atoms with Crippen LogP contribution in [0.2, 0.25) is 5.02 Å². The number of carbonyl (C=O) groups excluding carboxylic acids is 1. The lowest BCUT2D eigenvalue weighted by Crippen LogP contribution is -2.24. The molecule has 0 bridgehead atoms. The van der Waals surface area contributed by atoms with Crippen molar-refractivity contribution in [1.82, 2.24) is 20.1 Å². The van der Waals surface area contributed by atoms with Gasteiger partial charge in [-0.25, -0.2) is 0 Å². The van der Waals surface area contributed by atoms with E-state index in [1.807, 2.05) is 67.8 Å². The number of rotatable bonds is 10. The third-order valence-corrected chi connectivity index (χ3v) is 5.66. The van der Waals surface area contributed by atoms with E-state index in [1.165, 1.54) is 11.8 Å². The maximum Gasteiger partial charge on any atom is 0.230 e. The Bertz CT molecular complexity index is 1020. The molecule has 0 aliphatic heterocycles. The number of hydrogen-bond acceptors (Lipinski definition) is 6. The number of aromatic nitrogens is 3. The van der Waals surface area contributed by atoms with E-state index in [-0.39, 0.29) is 18.3 Å². The second-order valence-corrected chi connectivity index (χ2v) is 7.95. The summed E-state index contributed by atoms with van der Waals surface area (Å²) in [5.41, 5.74) is 1.78. The van der Waals surface area contributed by atoms with Crippen molar-refractivity contribution >= 4 is 29.3 Å². The van der Waals surface area contributed by atoms with Crippen LogP contribution in [0, 0.1) is 6.92 Å². The molecule has 0 aliphatic rings. The highest BCUT2D eigenvalue weighted by molar-refractivity contribution is 7.99. The number of hydrogen-bond donors (Lipinski definition) is 1. The molecule has 0 aliphatic carbocycles. The smallest absolute Gasteiger partial charge is 0.230 e. The Kier molecular flexibility index (Phi) is 8.20. The van der Waals surface area contributed by atoms with Crippen molar-refractivity contribution < 1.29 is 14.3 Å². The molecule has 3 rings (SSSR count). The third kappa shape index (κ3) is 6.15. The summed E-state index contributed by atoms with van der Waals surface area (Å²) >= 11 is 7.66. The minimum atomic E-state index is -0.0591. The quantitative estimate of drug-likeness (QED) is 0.451. The molecule has 0 radical (unpaired) electrons. The molecular formula is C22H25ClN4O3S. The molecule has 0 saturated heterocycles. The molecule has 7 nitrogen and oxygen atoms in total. The van der Waals surface area contributed by atoms with Gasteiger partial charge in [0.05, 0.1) is 18.0 Å². The van der Waals surface area contributed by atoms with E-state index in [1.54, 1.807) is 0 Å². The third-order valence-electron chi connectivity index (χ3n) is 4.32. The summed E-state index contributed by atoms with van der Waals surface area (Å²) in [6.45, 7) is 7.17. The van der Waals surface area contributed by atoms with Crippen LogP contribution in [0.1, 0.15) is 25.2 Å². The molecule has 164 valence electrons. The lowest BCUT2D eigenvalue weighted by atomic mass is 10.2. The van der Waals surface area contributed by atoms with Crippen LogP contribution in [0.15, 0.2) is 47.6 Å². The molecule has 1 N–H and O–H groups in total. The van der Waals surface area contributed by atoms with Gasteiger partial charge in [-0.1, -0.05) is 29.4 Å². The highest BCUT2D eigenvalue weighted by atomic mass is 35.5. The van der Waals surface area contributed by atoms with E-state index < -0.39 is 0 Å². The number of carbonyl (C=O) groups is 1. The highest BCUT2D eigenvalue weighted by Crippen LogP contribution is 2.26. The fourth-order valence-electron chi connectivity index (χ4n) is 2.79. The normalized spacial score (nSPS) is 10.7. The van der Waals surface area contributed by atoms with Crippen LogP contribution in [0.5, 0.6) is 11.5 Å². The minimum absolute atomic E-state index is 0.0591. The Morgan fingerprint density at radius 2 is 1.81 bits per heavy atom. The summed E-state index contributed by atoms with van der Waals surface area (Å²) in [5.74, 6) is 2.27. The topological polar surface area (TPSA) is 78.3 Å². The number of benzene rings is 2. The van der Waals surface area contributed by atoms with Gasteiger partial charge in [0.15, 0.2) is 11.0 Å². The summed E-state index contributed by atoms with van der Waals surface area (Å²) in [6.07, 6.45) is 0. The number of nitrogens with zero attached hydrogens (tertiary/aromatic N) is 3. The molecule has 0 spiro atoms. The van der Waals surface area contributed by atoms with Crippen molar-refractivity contribution in [3.63, 3.8) is 0 Å². The second kappa shape index (κ2) is 11.1. The minimum Gasteiger partial charge on any atom is -0.494 e. The predicted octanol–water partition coefficient (Wildman–Crippen LogP) is 4.44. The molecule has 0 saturated carbocycles. The number of nitrogens with one attached hydrogen (secondary N) is 1. The van der Waals surface area contributed by atoms with E-state index in [4.69, 9.17) is 21.1 Å². The van der Waals surface area contributed by atoms with Crippen LogP contribution in [0.25, 0.3) is 5.69 Å². The van der Waals surface area contributed by atoms with Crippen LogP contribution in [-0.4, -0.2) is 39.6 Å². The van der Waals surface area contributed by atoms with Crippen LogP contribution < -0.4 is 14.8 Å². The van der Waals surface area contributed by atoms with E-state index in [2.05, 4.69) is 15.5 Å². The summed E-state index contributed by atoms with van der Waals surface area (Å²) in [4.78, 5) is 11.9. The predicted molar refractivity (Wildman–Crippen MR) is 122 cm³/mol. The Balaban J connectivity index is 1.82. The molecule has 0 unspecified atom stereocenters. The fourth-order valence-corrected chi connectivity index (χ4v) is 3.77. The zero-order chi connectivity index (χ0) is 22.2. The van der Waals surface area contributed by atoms with E-state index >= 15 is 0 Å². The lowest BCUT2D eigenvalue weighted by molar-refractivity contribution is -0.118. The number of aryl methyl sites for hydroxylation is 1. The standard InChI is InChI=1S/C22H25ClN4O3S/c1-4-24-21(28)14-31-22-26-25-20(27(22)16-7-6-15(3)19(23)12-16)13-30-18-10-8-17(9-11-18)29-5-2/h6-12H,4-5,13-14H2,1-3H3,(H,24,28). The number of thioether (sulfide) groups is 1. The van der Waals surface area contributed by atoms with Crippen LogP contribution >= 0.6 is 23.4 Å². The van der Waals surface area contributed by atoms with Crippen molar-refractivity contribution in [1.29, 1.82) is 0 Å². The van der Waals surface area contributed by atoms with Crippen molar-refractivity contribution in [2.75, 3.05) is 18.9 Å². The number of amides is 1. The molecule has 9 heteroatoms. The van der Waals surface area contributed by atoms with E-state index in [0.717, 1.165) is 17.0 Å². The highest BCUT2D eigenvalue weighted by Gasteiger charge is 2.17. The van der Waals surface area contributed by atoms with Gasteiger partial charge in [-0.2, -0.15) is 0 Å². The van der Waals surface area contributed by atoms with Gasteiger partial charge in [0.2, 0.25) is 5.91 Å². The van der Waals surface area contributed by atoms with Gasteiger partial charge < -0.3 is 14.8 Å². The van der Waals surface area contributed by atoms with Crippen molar-refractivity contribution in [2.45, 2.75) is 32.5 Å². The number of ether oxygens (including phenoxy) is 2. The van der Waals surface area contributed by atoms with Crippen LogP contribution in [0.4, 0.5) is 0 Å². The summed E-state index contributed by atoms with van der Waals surface area (Å²) in [5, 5.41) is 12.6. The van der Waals surface area contributed by atoms with E-state index in [0.29, 0.717) is 34.9 Å². The van der Waals surface area contributed by atoms with Crippen molar-refractivity contribution in [3.05, 3.63) is 58.9 Å². The average molecular weight is 461 g/mol. The largest absolute Gasteiger partial charge is 0.494 e. The van der Waals surface area contributed by atoms with Crippen LogP contribution in [-0.2, 0) is 11.4 Å². The molecule has 1 heterocycles. The first-order valence-corrected chi connectivity index (χ1v) is 11.3. The molecule has 3 aromatic rings. The van der Waals surface area contributed by atoms with Gasteiger partial charge >= 0.3 is 0 Å².